The van der Waals surface area contributed by atoms with E-state index < -0.39 is 12.1 Å². The van der Waals surface area contributed by atoms with Gasteiger partial charge in [-0.15, -0.1) is 0 Å². The van der Waals surface area contributed by atoms with Crippen LogP contribution in [0, 0.1) is 0 Å². The number of amides is 1. The first kappa shape index (κ1) is 16.3. The minimum absolute atomic E-state index is 0.191. The number of anilines is 1. The van der Waals surface area contributed by atoms with Gasteiger partial charge in [-0.25, -0.2) is 4.79 Å². The monoisotopic (exact) mass is 345 g/mol. The topological polar surface area (TPSA) is 46.6 Å². The Kier molecular flexibility index (Phi) is 4.17. The molecular formula is C22H19NO3. The van der Waals surface area contributed by atoms with Crippen molar-refractivity contribution in [2.75, 3.05) is 11.4 Å². The Bertz CT molecular complexity index is 995. The maximum atomic E-state index is 12.7. The summed E-state index contributed by atoms with van der Waals surface area (Å²) in [6.07, 6.45) is -0.00658. The summed E-state index contributed by atoms with van der Waals surface area (Å²) in [5, 5.41) is 2.02. The first-order chi connectivity index (χ1) is 12.6. The molecule has 1 atom stereocenters. The van der Waals surface area contributed by atoms with Crippen molar-refractivity contribution in [3.8, 4) is 0 Å². The average Bonchev–Trinajstić information content (AvgIpc) is 3.11. The second-order valence-corrected chi connectivity index (χ2v) is 6.48. The lowest BCUT2D eigenvalue weighted by atomic mass is 10.1. The molecule has 0 saturated carbocycles. The summed E-state index contributed by atoms with van der Waals surface area (Å²) >= 11 is 0. The number of hydrogen-bond donors (Lipinski definition) is 0. The second kappa shape index (κ2) is 6.64. The second-order valence-electron chi connectivity index (χ2n) is 6.48. The van der Waals surface area contributed by atoms with Gasteiger partial charge in [-0.1, -0.05) is 48.5 Å². The highest BCUT2D eigenvalue weighted by atomic mass is 16.5. The van der Waals surface area contributed by atoms with Gasteiger partial charge in [0.15, 0.2) is 6.10 Å². The number of hydrogen-bond acceptors (Lipinski definition) is 3. The van der Waals surface area contributed by atoms with E-state index in [2.05, 4.69) is 0 Å². The molecule has 1 amide bonds. The standard InChI is InChI=1S/C22H19NO3/c1-15(21(24)23-13-12-17-7-4-5-9-20(17)23)26-22(25)19-11-10-16-6-2-3-8-18(16)14-19/h2-11,14-15H,12-13H2,1H3/t15-/m0/s1. The molecule has 0 saturated heterocycles. The maximum Gasteiger partial charge on any atom is 0.338 e. The molecule has 130 valence electrons. The molecule has 4 rings (SSSR count). The Morgan fingerprint density at radius 1 is 0.962 bits per heavy atom. The van der Waals surface area contributed by atoms with Gasteiger partial charge in [-0.05, 0) is 47.9 Å². The Morgan fingerprint density at radius 3 is 2.54 bits per heavy atom. The van der Waals surface area contributed by atoms with Crippen LogP contribution < -0.4 is 4.90 Å². The molecule has 0 N–H and O–H groups in total. The number of para-hydroxylation sites is 1. The summed E-state index contributed by atoms with van der Waals surface area (Å²) < 4.78 is 5.44. The average molecular weight is 345 g/mol. The maximum absolute atomic E-state index is 12.7. The molecule has 0 spiro atoms. The zero-order chi connectivity index (χ0) is 18.1. The molecule has 3 aromatic carbocycles. The van der Waals surface area contributed by atoms with Gasteiger partial charge in [0.25, 0.3) is 5.91 Å². The highest BCUT2D eigenvalue weighted by Crippen LogP contribution is 2.28. The molecule has 3 aromatic rings. The third-order valence-electron chi connectivity index (χ3n) is 4.77. The molecule has 1 aliphatic heterocycles. The van der Waals surface area contributed by atoms with Crippen molar-refractivity contribution < 1.29 is 14.3 Å². The van der Waals surface area contributed by atoms with Gasteiger partial charge in [-0.3, -0.25) is 4.79 Å². The van der Waals surface area contributed by atoms with Gasteiger partial charge in [0.05, 0.1) is 5.56 Å². The molecule has 26 heavy (non-hydrogen) atoms. The van der Waals surface area contributed by atoms with Gasteiger partial charge in [0.2, 0.25) is 0 Å². The smallest absolute Gasteiger partial charge is 0.338 e. The summed E-state index contributed by atoms with van der Waals surface area (Å²) in [7, 11) is 0. The van der Waals surface area contributed by atoms with Crippen molar-refractivity contribution in [1.29, 1.82) is 0 Å². The molecule has 0 aromatic heterocycles. The van der Waals surface area contributed by atoms with Crippen molar-refractivity contribution in [1.82, 2.24) is 0 Å². The van der Waals surface area contributed by atoms with E-state index in [-0.39, 0.29) is 5.91 Å². The minimum Gasteiger partial charge on any atom is -0.449 e. The van der Waals surface area contributed by atoms with E-state index in [4.69, 9.17) is 4.74 Å². The Morgan fingerprint density at radius 2 is 1.69 bits per heavy atom. The van der Waals surface area contributed by atoms with Crippen LogP contribution in [0.15, 0.2) is 66.7 Å². The van der Waals surface area contributed by atoms with E-state index >= 15 is 0 Å². The Labute approximate surface area is 152 Å². The van der Waals surface area contributed by atoms with Crippen LogP contribution >= 0.6 is 0 Å². The number of carbonyl (C=O) groups is 2. The van der Waals surface area contributed by atoms with Crippen molar-refractivity contribution in [2.24, 2.45) is 0 Å². The molecule has 4 heteroatoms. The molecule has 0 fully saturated rings. The largest absolute Gasteiger partial charge is 0.449 e. The highest BCUT2D eigenvalue weighted by Gasteiger charge is 2.29. The van der Waals surface area contributed by atoms with Crippen LogP contribution in [0.1, 0.15) is 22.8 Å². The van der Waals surface area contributed by atoms with Crippen LogP contribution in [0.25, 0.3) is 10.8 Å². The number of nitrogens with zero attached hydrogens (tertiary/aromatic N) is 1. The van der Waals surface area contributed by atoms with Crippen LogP contribution in [0.5, 0.6) is 0 Å². The van der Waals surface area contributed by atoms with Crippen molar-refractivity contribution in [3.63, 3.8) is 0 Å². The molecular weight excluding hydrogens is 326 g/mol. The number of rotatable bonds is 3. The van der Waals surface area contributed by atoms with E-state index in [0.717, 1.165) is 28.4 Å². The predicted octanol–water partition coefficient (Wildman–Crippen LogP) is 3.97. The summed E-state index contributed by atoms with van der Waals surface area (Å²) in [5.41, 5.74) is 2.50. The van der Waals surface area contributed by atoms with Crippen LogP contribution in [0.4, 0.5) is 5.69 Å². The zero-order valence-electron chi connectivity index (χ0n) is 14.5. The first-order valence-electron chi connectivity index (χ1n) is 8.72. The lowest BCUT2D eigenvalue weighted by Gasteiger charge is -2.21. The van der Waals surface area contributed by atoms with Crippen LogP contribution in [0.2, 0.25) is 0 Å². The predicted molar refractivity (Wildman–Crippen MR) is 101 cm³/mol. The Balaban J connectivity index is 1.49. The fourth-order valence-electron chi connectivity index (χ4n) is 3.38. The van der Waals surface area contributed by atoms with Crippen molar-refractivity contribution >= 4 is 28.3 Å². The summed E-state index contributed by atoms with van der Waals surface area (Å²) in [4.78, 5) is 26.9. The summed E-state index contributed by atoms with van der Waals surface area (Å²) in [6.45, 7) is 2.25. The molecule has 1 heterocycles. The number of ether oxygens (including phenoxy) is 1. The van der Waals surface area contributed by atoms with E-state index in [1.807, 2.05) is 54.6 Å². The summed E-state index contributed by atoms with van der Waals surface area (Å²) in [5.74, 6) is -0.673. The molecule has 0 bridgehead atoms. The fourth-order valence-corrected chi connectivity index (χ4v) is 3.38. The lowest BCUT2D eigenvalue weighted by Crippen LogP contribution is -2.39. The SMILES string of the molecule is C[C@H](OC(=O)c1ccc2ccccc2c1)C(=O)N1CCc2ccccc21. The molecule has 0 unspecified atom stereocenters. The first-order valence-corrected chi connectivity index (χ1v) is 8.72. The number of esters is 1. The number of carbonyl (C=O) groups excluding carboxylic acids is 2. The zero-order valence-corrected chi connectivity index (χ0v) is 14.5. The van der Waals surface area contributed by atoms with Crippen molar-refractivity contribution in [2.45, 2.75) is 19.4 Å². The van der Waals surface area contributed by atoms with E-state index in [0.29, 0.717) is 12.1 Å². The van der Waals surface area contributed by atoms with Gasteiger partial charge in [-0.2, -0.15) is 0 Å². The minimum atomic E-state index is -0.833. The molecule has 4 nitrogen and oxygen atoms in total. The van der Waals surface area contributed by atoms with Gasteiger partial charge in [0, 0.05) is 12.2 Å². The van der Waals surface area contributed by atoms with E-state index in [1.165, 1.54) is 0 Å². The normalized spacial score (nSPS) is 14.1. The quantitative estimate of drug-likeness (QED) is 0.675. The van der Waals surface area contributed by atoms with Crippen LogP contribution in [-0.2, 0) is 16.0 Å². The summed E-state index contributed by atoms with van der Waals surface area (Å²) in [6, 6.07) is 21.0. The third-order valence-corrected chi connectivity index (χ3v) is 4.77. The Hall–Kier alpha value is -3.14. The van der Waals surface area contributed by atoms with Crippen molar-refractivity contribution in [3.05, 3.63) is 77.9 Å². The van der Waals surface area contributed by atoms with Crippen LogP contribution in [-0.4, -0.2) is 24.5 Å². The van der Waals surface area contributed by atoms with E-state index in [9.17, 15) is 9.59 Å². The van der Waals surface area contributed by atoms with Crippen LogP contribution in [0.3, 0.4) is 0 Å². The highest BCUT2D eigenvalue weighted by molar-refractivity contribution is 6.01. The van der Waals surface area contributed by atoms with Gasteiger partial charge in [0.1, 0.15) is 0 Å². The fraction of sp³-hybridized carbons (Fsp3) is 0.182. The van der Waals surface area contributed by atoms with Gasteiger partial charge >= 0.3 is 5.97 Å². The molecule has 0 aliphatic carbocycles. The van der Waals surface area contributed by atoms with Gasteiger partial charge < -0.3 is 9.64 Å². The molecule has 0 radical (unpaired) electrons. The number of fused-ring (bicyclic) bond motifs is 2. The lowest BCUT2D eigenvalue weighted by molar-refractivity contribution is -0.126. The third kappa shape index (κ3) is 2.94. The molecule has 1 aliphatic rings. The number of benzene rings is 3. The van der Waals surface area contributed by atoms with E-state index in [1.54, 1.807) is 24.0 Å².